The van der Waals surface area contributed by atoms with Gasteiger partial charge in [0.1, 0.15) is 0 Å². The van der Waals surface area contributed by atoms with Gasteiger partial charge >= 0.3 is 0 Å². The Balaban J connectivity index is 2.02. The van der Waals surface area contributed by atoms with Crippen LogP contribution in [-0.4, -0.2) is 24.0 Å². The van der Waals surface area contributed by atoms with Gasteiger partial charge in [-0.3, -0.25) is 0 Å². The first-order valence-electron chi connectivity index (χ1n) is 9.05. The summed E-state index contributed by atoms with van der Waals surface area (Å²) in [4.78, 5) is 2.43. The van der Waals surface area contributed by atoms with E-state index in [0.717, 1.165) is 25.2 Å². The quantitative estimate of drug-likeness (QED) is 0.747. The highest BCUT2D eigenvalue weighted by Crippen LogP contribution is 2.28. The molecule has 1 atom stereocenters. The summed E-state index contributed by atoms with van der Waals surface area (Å²) in [7, 11) is 0. The lowest BCUT2D eigenvalue weighted by molar-refractivity contribution is 0.315. The van der Waals surface area contributed by atoms with Crippen LogP contribution in [0.15, 0.2) is 54.9 Å². The molecule has 0 spiro atoms. The topological polar surface area (TPSA) is 15.3 Å². The maximum Gasteiger partial charge on any atom is 0.0680 e. The number of likely N-dealkylation sites (tertiary alicyclic amines) is 1. The molecule has 0 radical (unpaired) electrons. The number of hydrogen-bond acceptors (Lipinski definition) is 2. The van der Waals surface area contributed by atoms with Gasteiger partial charge in [0, 0.05) is 24.5 Å². The van der Waals surface area contributed by atoms with Crippen LogP contribution in [0.1, 0.15) is 44.7 Å². The first-order chi connectivity index (χ1) is 11.5. The molecule has 1 aromatic carbocycles. The fraction of sp³-hybridized carbons (Fsp3) is 0.455. The molecule has 0 amide bonds. The van der Waals surface area contributed by atoms with Crippen molar-refractivity contribution in [2.24, 2.45) is 5.92 Å². The predicted molar refractivity (Wildman–Crippen MR) is 106 cm³/mol. The van der Waals surface area contributed by atoms with E-state index in [1.54, 1.807) is 0 Å². The van der Waals surface area contributed by atoms with E-state index in [1.165, 1.54) is 28.8 Å². The first-order valence-corrected chi connectivity index (χ1v) is 9.05. The molecule has 1 aliphatic rings. The Hall–Kier alpha value is -1.96. The highest BCUT2D eigenvalue weighted by molar-refractivity contribution is 5.69. The number of allylic oxidation sites excluding steroid dienone is 2. The zero-order valence-corrected chi connectivity index (χ0v) is 15.7. The molecule has 24 heavy (non-hydrogen) atoms. The molecule has 0 aromatic heterocycles. The molecule has 1 heterocycles. The Morgan fingerprint density at radius 1 is 1.33 bits per heavy atom. The van der Waals surface area contributed by atoms with Gasteiger partial charge in [0.25, 0.3) is 0 Å². The lowest BCUT2D eigenvalue weighted by Gasteiger charge is -2.32. The van der Waals surface area contributed by atoms with Gasteiger partial charge < -0.3 is 10.2 Å². The van der Waals surface area contributed by atoms with Crippen LogP contribution in [0.3, 0.4) is 0 Å². The van der Waals surface area contributed by atoms with Gasteiger partial charge in [-0.2, -0.15) is 0 Å². The molecule has 1 fully saturated rings. The highest BCUT2D eigenvalue weighted by atomic mass is 15.2. The second kappa shape index (κ2) is 8.23. The van der Waals surface area contributed by atoms with Gasteiger partial charge in [0.2, 0.25) is 0 Å². The molecule has 1 saturated heterocycles. The van der Waals surface area contributed by atoms with E-state index in [1.807, 2.05) is 0 Å². The number of nitrogens with zero attached hydrogens (tertiary/aromatic N) is 1. The number of nitrogens with one attached hydrogen (secondary N) is 1. The van der Waals surface area contributed by atoms with Crippen LogP contribution in [0.2, 0.25) is 0 Å². The van der Waals surface area contributed by atoms with E-state index in [9.17, 15) is 0 Å². The normalized spacial score (nSPS) is 18.1. The molecule has 1 N–H and O–H groups in total. The average molecular weight is 325 g/mol. The van der Waals surface area contributed by atoms with Crippen molar-refractivity contribution >= 4 is 5.57 Å². The zero-order chi connectivity index (χ0) is 17.7. The van der Waals surface area contributed by atoms with Crippen molar-refractivity contribution in [3.8, 4) is 0 Å². The maximum absolute atomic E-state index is 4.33. The molecule has 1 unspecified atom stereocenters. The van der Waals surface area contributed by atoms with E-state index in [0.29, 0.717) is 12.0 Å². The smallest absolute Gasteiger partial charge is 0.0680 e. The fourth-order valence-electron chi connectivity index (χ4n) is 3.42. The van der Waals surface area contributed by atoms with Crippen molar-refractivity contribution in [3.05, 3.63) is 66.0 Å². The molecule has 0 bridgehead atoms. The molecular weight excluding hydrogens is 292 g/mol. The molecule has 2 heteroatoms. The summed E-state index contributed by atoms with van der Waals surface area (Å²) in [5, 5.41) is 3.58. The molecule has 2 rings (SSSR count). The highest BCUT2D eigenvalue weighted by Gasteiger charge is 2.28. The van der Waals surface area contributed by atoms with Crippen LogP contribution in [0.5, 0.6) is 0 Å². The van der Waals surface area contributed by atoms with Crippen LogP contribution in [0, 0.1) is 12.8 Å². The molecule has 1 aliphatic heterocycles. The Labute approximate surface area is 148 Å². The van der Waals surface area contributed by atoms with Crippen LogP contribution in [0.4, 0.5) is 0 Å². The second-order valence-corrected chi connectivity index (χ2v) is 7.01. The van der Waals surface area contributed by atoms with E-state index < -0.39 is 0 Å². The minimum absolute atomic E-state index is 0.370. The Bertz CT molecular complexity index is 625. The Kier molecular flexibility index (Phi) is 6.30. The van der Waals surface area contributed by atoms with Gasteiger partial charge in [0.15, 0.2) is 0 Å². The monoisotopic (exact) mass is 324 g/mol. The van der Waals surface area contributed by atoms with E-state index in [2.05, 4.69) is 81.4 Å². The molecule has 0 aliphatic carbocycles. The van der Waals surface area contributed by atoms with Crippen LogP contribution >= 0.6 is 0 Å². The van der Waals surface area contributed by atoms with E-state index >= 15 is 0 Å². The summed E-state index contributed by atoms with van der Waals surface area (Å²) >= 11 is 0. The number of aryl methyl sites for hydroxylation is 1. The minimum Gasteiger partial charge on any atom is -0.383 e. The van der Waals surface area contributed by atoms with E-state index in [4.69, 9.17) is 0 Å². The molecule has 1 aromatic rings. The molecule has 0 saturated carbocycles. The fourth-order valence-corrected chi connectivity index (χ4v) is 3.42. The number of benzene rings is 1. The van der Waals surface area contributed by atoms with Crippen LogP contribution in [0.25, 0.3) is 5.57 Å². The van der Waals surface area contributed by atoms with Gasteiger partial charge in [-0.25, -0.2) is 0 Å². The second-order valence-electron chi connectivity index (χ2n) is 7.01. The summed E-state index contributed by atoms with van der Waals surface area (Å²) in [5.41, 5.74) is 6.29. The predicted octanol–water partition coefficient (Wildman–Crippen LogP) is 5.14. The van der Waals surface area contributed by atoms with Gasteiger partial charge in [0.05, 0.1) is 6.04 Å². The lowest BCUT2D eigenvalue weighted by Crippen LogP contribution is -2.36. The third-order valence-electron chi connectivity index (χ3n) is 5.04. The van der Waals surface area contributed by atoms with Crippen molar-refractivity contribution in [2.45, 2.75) is 46.6 Å². The lowest BCUT2D eigenvalue weighted by atomic mass is 10.00. The van der Waals surface area contributed by atoms with Crippen molar-refractivity contribution in [3.63, 3.8) is 0 Å². The minimum atomic E-state index is 0.370. The Morgan fingerprint density at radius 3 is 2.67 bits per heavy atom. The molecule has 2 nitrogen and oxygen atoms in total. The third-order valence-corrected chi connectivity index (χ3v) is 5.04. The molecule has 130 valence electrons. The van der Waals surface area contributed by atoms with Gasteiger partial charge in [-0.15, -0.1) is 0 Å². The first kappa shape index (κ1) is 18.4. The zero-order valence-electron chi connectivity index (χ0n) is 15.7. The van der Waals surface area contributed by atoms with Crippen molar-refractivity contribution in [1.29, 1.82) is 0 Å². The summed E-state index contributed by atoms with van der Waals surface area (Å²) in [6.07, 6.45) is 4.57. The summed E-state index contributed by atoms with van der Waals surface area (Å²) in [5.74, 6) is 0.483. The van der Waals surface area contributed by atoms with Crippen molar-refractivity contribution in [2.75, 3.05) is 13.1 Å². The van der Waals surface area contributed by atoms with Crippen molar-refractivity contribution in [1.82, 2.24) is 10.2 Å². The average Bonchev–Trinajstić information content (AvgIpc) is 3.05. The Morgan fingerprint density at radius 2 is 2.04 bits per heavy atom. The number of hydrogen-bond donors (Lipinski definition) is 1. The molecular formula is C22H32N2. The van der Waals surface area contributed by atoms with Crippen LogP contribution in [-0.2, 0) is 0 Å². The van der Waals surface area contributed by atoms with E-state index in [-0.39, 0.29) is 0 Å². The van der Waals surface area contributed by atoms with Crippen LogP contribution < -0.4 is 5.32 Å². The third kappa shape index (κ3) is 4.11. The van der Waals surface area contributed by atoms with Gasteiger partial charge in [-0.05, 0) is 49.3 Å². The van der Waals surface area contributed by atoms with Gasteiger partial charge in [-0.1, -0.05) is 57.3 Å². The SMILES string of the molecule is C=C(NC/C(=C/C)c1ccccc1C)C1CCCN1C(=C)C(C)C. The standard InChI is InChI=1S/C22H32N2/c1-7-20(21-12-9-8-11-17(21)4)15-23-18(5)22-13-10-14-24(22)19(6)16(2)3/h7-9,11-12,16,22-23H,5-6,10,13-15H2,1-4H3/b20-7-. The summed E-state index contributed by atoms with van der Waals surface area (Å²) in [6, 6.07) is 8.92. The number of rotatable bonds is 7. The largest absolute Gasteiger partial charge is 0.383 e. The summed E-state index contributed by atoms with van der Waals surface area (Å²) in [6.45, 7) is 19.2. The maximum atomic E-state index is 4.33. The van der Waals surface area contributed by atoms with Crippen molar-refractivity contribution < 1.29 is 0 Å². The summed E-state index contributed by atoms with van der Waals surface area (Å²) < 4.78 is 0.